The highest BCUT2D eigenvalue weighted by Crippen LogP contribution is 2.40. The minimum absolute atomic E-state index is 0.306. The van der Waals surface area contributed by atoms with E-state index in [4.69, 9.17) is 21.1 Å². The fraction of sp³-hybridized carbons (Fsp3) is 0.400. The molecule has 34 heavy (non-hydrogen) atoms. The molecule has 1 aromatic heterocycles. The number of carbonyl (C=O) groups excluding carboxylic acids is 1. The molecule has 7 nitrogen and oxygen atoms in total. The van der Waals surface area contributed by atoms with Gasteiger partial charge in [0.2, 0.25) is 0 Å². The maximum atomic E-state index is 13.7. The summed E-state index contributed by atoms with van der Waals surface area (Å²) in [6.45, 7) is 0.149. The van der Waals surface area contributed by atoms with Crippen LogP contribution in [0.25, 0.3) is 0 Å². The number of hydrogen-bond donors (Lipinski definition) is 2. The van der Waals surface area contributed by atoms with Gasteiger partial charge in [0.05, 0.1) is 0 Å². The van der Waals surface area contributed by atoms with Crippen molar-refractivity contribution < 1.29 is 45.3 Å². The van der Waals surface area contributed by atoms with Crippen molar-refractivity contribution in [3.8, 4) is 11.5 Å². The lowest BCUT2D eigenvalue weighted by molar-refractivity contribution is -0.175. The first-order valence-electron chi connectivity index (χ1n) is 9.49. The van der Waals surface area contributed by atoms with Crippen LogP contribution in [0.15, 0.2) is 36.5 Å². The van der Waals surface area contributed by atoms with Gasteiger partial charge in [-0.2, -0.15) is 26.3 Å². The van der Waals surface area contributed by atoms with Crippen molar-refractivity contribution >= 4 is 23.3 Å². The lowest BCUT2D eigenvalue weighted by Gasteiger charge is -2.27. The van der Waals surface area contributed by atoms with Crippen LogP contribution in [0.2, 0.25) is 5.02 Å². The molecule has 1 amide bonds. The predicted molar refractivity (Wildman–Crippen MR) is 110 cm³/mol. The van der Waals surface area contributed by atoms with Gasteiger partial charge in [-0.1, -0.05) is 11.6 Å². The van der Waals surface area contributed by atoms with E-state index in [1.165, 1.54) is 0 Å². The molecular formula is C20H20ClF6N3O4. The normalized spacial score (nSPS) is 12.3. The van der Waals surface area contributed by atoms with Crippen molar-refractivity contribution in [3.05, 3.63) is 47.1 Å². The van der Waals surface area contributed by atoms with Crippen LogP contribution in [0, 0.1) is 0 Å². The lowest BCUT2D eigenvalue weighted by Crippen LogP contribution is -2.36. The highest BCUT2D eigenvalue weighted by Gasteiger charge is 2.39. The smallest absolute Gasteiger partial charge is 0.423 e. The molecule has 0 aliphatic rings. The molecule has 0 aliphatic heterocycles. The van der Waals surface area contributed by atoms with Gasteiger partial charge in [-0.15, -0.1) is 0 Å². The molecule has 0 saturated carbocycles. The van der Waals surface area contributed by atoms with Gasteiger partial charge in [-0.3, -0.25) is 15.6 Å². The third kappa shape index (κ3) is 9.14. The summed E-state index contributed by atoms with van der Waals surface area (Å²) in [5, 5.41) is 0.479. The molecular weight excluding hydrogens is 496 g/mol. The molecule has 2 aromatic rings. The number of pyridine rings is 1. The highest BCUT2D eigenvalue weighted by atomic mass is 35.5. The fourth-order valence-corrected chi connectivity index (χ4v) is 2.59. The SMILES string of the molecule is CC(C)(COc1ccnc(NNC(=O)COCC(F)(F)F)c1C(F)(F)F)Oc1ccc(Cl)cc1. The molecule has 0 radical (unpaired) electrons. The Balaban J connectivity index is 2.07. The number of anilines is 1. The molecule has 0 fully saturated rings. The summed E-state index contributed by atoms with van der Waals surface area (Å²) in [6.07, 6.45) is -8.62. The second-order valence-electron chi connectivity index (χ2n) is 7.42. The maximum Gasteiger partial charge on any atom is 0.423 e. The van der Waals surface area contributed by atoms with E-state index >= 15 is 0 Å². The molecule has 0 spiro atoms. The van der Waals surface area contributed by atoms with Crippen LogP contribution in [0.1, 0.15) is 19.4 Å². The van der Waals surface area contributed by atoms with Gasteiger partial charge in [0.15, 0.2) is 5.82 Å². The highest BCUT2D eigenvalue weighted by molar-refractivity contribution is 6.30. The molecule has 14 heteroatoms. The number of hydrogen-bond acceptors (Lipinski definition) is 6. The first-order chi connectivity index (χ1) is 15.7. The zero-order valence-electron chi connectivity index (χ0n) is 17.8. The topological polar surface area (TPSA) is 81.7 Å². The third-order valence-corrected chi connectivity index (χ3v) is 4.05. The van der Waals surface area contributed by atoms with Gasteiger partial charge >= 0.3 is 12.4 Å². The van der Waals surface area contributed by atoms with E-state index in [9.17, 15) is 31.1 Å². The van der Waals surface area contributed by atoms with E-state index in [1.54, 1.807) is 43.5 Å². The van der Waals surface area contributed by atoms with Gasteiger partial charge in [0, 0.05) is 11.2 Å². The summed E-state index contributed by atoms with van der Waals surface area (Å²) >= 11 is 5.81. The second-order valence-corrected chi connectivity index (χ2v) is 7.85. The number of ether oxygens (including phenoxy) is 3. The van der Waals surface area contributed by atoms with Gasteiger partial charge in [-0.25, -0.2) is 4.98 Å². The molecule has 2 rings (SSSR count). The van der Waals surface area contributed by atoms with Crippen molar-refractivity contribution in [3.63, 3.8) is 0 Å². The van der Waals surface area contributed by atoms with Crippen LogP contribution in [0.4, 0.5) is 32.2 Å². The number of benzene rings is 1. The Morgan fingerprint density at radius 3 is 2.26 bits per heavy atom. The molecule has 0 saturated heterocycles. The number of alkyl halides is 6. The standard InChI is InChI=1S/C20H20ClF6N3O4/c1-18(2,34-13-5-3-12(21)4-6-13)10-33-14-7-8-28-17(16(14)20(25,26)27)30-29-15(31)9-32-11-19(22,23)24/h3-8H,9-11H2,1-2H3,(H,28,30)(H,29,31). The summed E-state index contributed by atoms with van der Waals surface area (Å²) in [5.74, 6) is -2.17. The Kier molecular flexibility index (Phi) is 8.83. The van der Waals surface area contributed by atoms with Crippen molar-refractivity contribution in [2.75, 3.05) is 25.2 Å². The van der Waals surface area contributed by atoms with Crippen LogP contribution in [0.3, 0.4) is 0 Å². The molecule has 0 unspecified atom stereocenters. The molecule has 0 aliphatic carbocycles. The Labute approximate surface area is 195 Å². The number of halogens is 7. The minimum Gasteiger partial charge on any atom is -0.489 e. The quantitative estimate of drug-likeness (QED) is 0.342. The molecule has 0 bridgehead atoms. The molecule has 0 atom stereocenters. The largest absolute Gasteiger partial charge is 0.489 e. The Bertz CT molecular complexity index is 968. The summed E-state index contributed by atoms with van der Waals surface area (Å²) in [5.41, 5.74) is 1.34. The van der Waals surface area contributed by atoms with Crippen LogP contribution in [0.5, 0.6) is 11.5 Å². The van der Waals surface area contributed by atoms with E-state index in [2.05, 4.69) is 9.72 Å². The molecule has 1 aromatic carbocycles. The van der Waals surface area contributed by atoms with E-state index < -0.39 is 54.2 Å². The van der Waals surface area contributed by atoms with Crippen molar-refractivity contribution in [1.82, 2.24) is 10.4 Å². The average Bonchev–Trinajstić information content (AvgIpc) is 2.70. The maximum absolute atomic E-state index is 13.7. The zero-order chi connectivity index (χ0) is 25.6. The summed E-state index contributed by atoms with van der Waals surface area (Å²) in [4.78, 5) is 15.1. The number of nitrogens with one attached hydrogen (secondary N) is 2. The van der Waals surface area contributed by atoms with E-state index in [0.717, 1.165) is 12.3 Å². The number of hydrazine groups is 1. The number of rotatable bonds is 10. The summed E-state index contributed by atoms with van der Waals surface area (Å²) < 4.78 is 92.5. The summed E-state index contributed by atoms with van der Waals surface area (Å²) in [6, 6.07) is 7.31. The van der Waals surface area contributed by atoms with Crippen LogP contribution in [-0.4, -0.2) is 42.5 Å². The minimum atomic E-state index is -4.95. The first-order valence-corrected chi connectivity index (χ1v) is 9.87. The van der Waals surface area contributed by atoms with Crippen molar-refractivity contribution in [1.29, 1.82) is 0 Å². The molecule has 188 valence electrons. The summed E-state index contributed by atoms with van der Waals surface area (Å²) in [7, 11) is 0. The number of nitrogens with zero attached hydrogens (tertiary/aromatic N) is 1. The monoisotopic (exact) mass is 515 g/mol. The van der Waals surface area contributed by atoms with E-state index in [-0.39, 0.29) is 6.61 Å². The predicted octanol–water partition coefficient (Wildman–Crippen LogP) is 5.01. The molecule has 1 heterocycles. The number of aromatic nitrogens is 1. The van der Waals surface area contributed by atoms with Crippen LogP contribution < -0.4 is 20.3 Å². The van der Waals surface area contributed by atoms with Crippen molar-refractivity contribution in [2.45, 2.75) is 31.8 Å². The molecule has 2 N–H and O–H groups in total. The Morgan fingerprint density at radius 2 is 1.68 bits per heavy atom. The third-order valence-electron chi connectivity index (χ3n) is 3.80. The van der Waals surface area contributed by atoms with Gasteiger partial charge in [0.1, 0.15) is 42.5 Å². The average molecular weight is 516 g/mol. The number of carbonyl (C=O) groups is 1. The van der Waals surface area contributed by atoms with Gasteiger partial charge in [-0.05, 0) is 44.2 Å². The Morgan fingerprint density at radius 1 is 1.03 bits per heavy atom. The van der Waals surface area contributed by atoms with Gasteiger partial charge < -0.3 is 14.2 Å². The van der Waals surface area contributed by atoms with E-state index in [0.29, 0.717) is 10.8 Å². The number of amides is 1. The Hall–Kier alpha value is -2.93. The zero-order valence-corrected chi connectivity index (χ0v) is 18.6. The first kappa shape index (κ1) is 27.3. The van der Waals surface area contributed by atoms with Crippen LogP contribution in [-0.2, 0) is 15.7 Å². The lowest BCUT2D eigenvalue weighted by atomic mass is 10.1. The fourth-order valence-electron chi connectivity index (χ4n) is 2.46. The van der Waals surface area contributed by atoms with Crippen LogP contribution >= 0.6 is 11.6 Å². The van der Waals surface area contributed by atoms with Gasteiger partial charge in [0.25, 0.3) is 5.91 Å². The van der Waals surface area contributed by atoms with E-state index in [1.807, 2.05) is 5.43 Å². The van der Waals surface area contributed by atoms with Crippen molar-refractivity contribution in [2.24, 2.45) is 0 Å². The second kappa shape index (κ2) is 11.0.